The molecule has 0 atom stereocenters. The minimum atomic E-state index is -0.199. The lowest BCUT2D eigenvalue weighted by molar-refractivity contribution is 0.101. The molecule has 1 amide bonds. The molecule has 1 aromatic carbocycles. The highest BCUT2D eigenvalue weighted by molar-refractivity contribution is 6.05. The second kappa shape index (κ2) is 4.44. The zero-order chi connectivity index (χ0) is 14.4. The van der Waals surface area contributed by atoms with Crippen molar-refractivity contribution in [3.63, 3.8) is 0 Å². The maximum atomic E-state index is 12.4. The van der Waals surface area contributed by atoms with Gasteiger partial charge < -0.3 is 4.57 Å². The van der Waals surface area contributed by atoms with Gasteiger partial charge in [0.15, 0.2) is 0 Å². The number of aromatic amines is 1. The number of hydrogen-bond donors (Lipinski definition) is 2. The number of benzene rings is 1. The van der Waals surface area contributed by atoms with Crippen LogP contribution in [0.25, 0.3) is 10.9 Å². The maximum absolute atomic E-state index is 12.4. The van der Waals surface area contributed by atoms with Gasteiger partial charge in [0.1, 0.15) is 11.5 Å². The van der Waals surface area contributed by atoms with Gasteiger partial charge in [0.05, 0.1) is 0 Å². The van der Waals surface area contributed by atoms with Crippen molar-refractivity contribution in [2.75, 3.05) is 5.32 Å². The van der Waals surface area contributed by atoms with Crippen LogP contribution in [-0.4, -0.2) is 25.7 Å². The monoisotopic (exact) mass is 281 g/mol. The molecule has 106 valence electrons. The van der Waals surface area contributed by atoms with Crippen molar-refractivity contribution >= 4 is 22.8 Å². The van der Waals surface area contributed by atoms with Gasteiger partial charge in [0.25, 0.3) is 5.91 Å². The van der Waals surface area contributed by atoms with Gasteiger partial charge in [-0.3, -0.25) is 15.2 Å². The number of aromatic nitrogens is 4. The van der Waals surface area contributed by atoms with Crippen LogP contribution in [0.2, 0.25) is 0 Å². The normalized spacial score (nSPS) is 14.5. The minimum Gasteiger partial charge on any atom is -0.340 e. The molecule has 6 heteroatoms. The van der Waals surface area contributed by atoms with Gasteiger partial charge in [0.2, 0.25) is 5.95 Å². The summed E-state index contributed by atoms with van der Waals surface area (Å²) in [7, 11) is 1.88. The number of H-pyrrole nitrogens is 1. The molecule has 0 radical (unpaired) electrons. The topological polar surface area (TPSA) is 75.6 Å². The van der Waals surface area contributed by atoms with Crippen LogP contribution >= 0.6 is 0 Å². The van der Waals surface area contributed by atoms with Gasteiger partial charge in [-0.15, -0.1) is 5.10 Å². The Labute approximate surface area is 121 Å². The predicted octanol–water partition coefficient (Wildman–Crippen LogP) is 2.43. The van der Waals surface area contributed by atoms with E-state index >= 15 is 0 Å². The number of anilines is 1. The largest absolute Gasteiger partial charge is 0.340 e. The number of carbonyl (C=O) groups is 1. The second-order valence-corrected chi connectivity index (χ2v) is 5.42. The number of carbonyl (C=O) groups excluding carboxylic acids is 1. The van der Waals surface area contributed by atoms with Gasteiger partial charge >= 0.3 is 0 Å². The highest BCUT2D eigenvalue weighted by atomic mass is 16.2. The van der Waals surface area contributed by atoms with Gasteiger partial charge in [-0.05, 0) is 25.0 Å². The number of amides is 1. The van der Waals surface area contributed by atoms with Crippen LogP contribution in [-0.2, 0) is 7.05 Å². The molecule has 1 fully saturated rings. The molecular formula is C15H15N5O. The number of nitrogens with zero attached hydrogens (tertiary/aromatic N) is 3. The van der Waals surface area contributed by atoms with Crippen LogP contribution in [0.1, 0.15) is 35.1 Å². The molecule has 6 nitrogen and oxygen atoms in total. The summed E-state index contributed by atoms with van der Waals surface area (Å²) < 4.78 is 1.87. The SMILES string of the molecule is Cn1c(C(=O)Nc2n[nH]c(C3CC3)n2)cc2ccccc21. The van der Waals surface area contributed by atoms with E-state index in [1.807, 2.05) is 41.9 Å². The summed E-state index contributed by atoms with van der Waals surface area (Å²) in [5, 5.41) is 10.7. The Hall–Kier alpha value is -2.63. The van der Waals surface area contributed by atoms with E-state index in [1.165, 1.54) is 0 Å². The molecule has 0 unspecified atom stereocenters. The van der Waals surface area contributed by atoms with E-state index in [1.54, 1.807) is 0 Å². The molecule has 4 rings (SSSR count). The molecule has 2 N–H and O–H groups in total. The summed E-state index contributed by atoms with van der Waals surface area (Å²) in [5.74, 6) is 1.49. The van der Waals surface area contributed by atoms with Gasteiger partial charge in [-0.1, -0.05) is 18.2 Å². The van der Waals surface area contributed by atoms with Crippen molar-refractivity contribution in [2.45, 2.75) is 18.8 Å². The van der Waals surface area contributed by atoms with E-state index in [-0.39, 0.29) is 5.91 Å². The first-order valence-electron chi connectivity index (χ1n) is 7.00. The molecule has 1 saturated carbocycles. The molecule has 0 spiro atoms. The number of aryl methyl sites for hydroxylation is 1. The van der Waals surface area contributed by atoms with Crippen LogP contribution in [0.3, 0.4) is 0 Å². The van der Waals surface area contributed by atoms with Crippen LogP contribution in [0, 0.1) is 0 Å². The van der Waals surface area contributed by atoms with Crippen molar-refractivity contribution < 1.29 is 4.79 Å². The minimum absolute atomic E-state index is 0.199. The fraction of sp³-hybridized carbons (Fsp3) is 0.267. The zero-order valence-corrected chi connectivity index (χ0v) is 11.6. The highest BCUT2D eigenvalue weighted by Crippen LogP contribution is 2.38. The van der Waals surface area contributed by atoms with E-state index in [9.17, 15) is 4.79 Å². The smallest absolute Gasteiger partial charge is 0.274 e. The number of rotatable bonds is 3. The standard InChI is InChI=1S/C15H15N5O/c1-20-11-5-3-2-4-10(11)8-12(20)14(21)17-15-16-13(18-19-15)9-6-7-9/h2-5,8-9H,6-7H2,1H3,(H2,16,17,18,19,21). The molecule has 2 heterocycles. The van der Waals surface area contributed by atoms with Crippen LogP contribution in [0.4, 0.5) is 5.95 Å². The molecule has 0 aliphatic heterocycles. The molecule has 1 aliphatic carbocycles. The Morgan fingerprint density at radius 1 is 1.38 bits per heavy atom. The van der Waals surface area contributed by atoms with Crippen molar-refractivity contribution in [1.29, 1.82) is 0 Å². The van der Waals surface area contributed by atoms with Crippen LogP contribution < -0.4 is 5.32 Å². The number of fused-ring (bicyclic) bond motifs is 1. The van der Waals surface area contributed by atoms with E-state index < -0.39 is 0 Å². The lowest BCUT2D eigenvalue weighted by Crippen LogP contribution is -2.16. The summed E-state index contributed by atoms with van der Waals surface area (Å²) in [6.45, 7) is 0. The summed E-state index contributed by atoms with van der Waals surface area (Å²) in [6.07, 6.45) is 2.29. The van der Waals surface area contributed by atoms with Gasteiger partial charge in [-0.25, -0.2) is 0 Å². The Morgan fingerprint density at radius 3 is 2.95 bits per heavy atom. The van der Waals surface area contributed by atoms with Crippen molar-refractivity contribution in [3.05, 3.63) is 41.9 Å². The van der Waals surface area contributed by atoms with Gasteiger partial charge in [0, 0.05) is 23.9 Å². The number of nitrogens with one attached hydrogen (secondary N) is 2. The first kappa shape index (κ1) is 12.1. The van der Waals surface area contributed by atoms with E-state index in [2.05, 4.69) is 20.5 Å². The second-order valence-electron chi connectivity index (χ2n) is 5.42. The number of hydrogen-bond acceptors (Lipinski definition) is 3. The van der Waals surface area contributed by atoms with Crippen molar-refractivity contribution in [2.24, 2.45) is 7.05 Å². The average Bonchev–Trinajstić information content (AvgIpc) is 3.15. The third-order valence-corrected chi connectivity index (χ3v) is 3.88. The zero-order valence-electron chi connectivity index (χ0n) is 11.6. The lowest BCUT2D eigenvalue weighted by atomic mass is 10.2. The molecule has 0 bridgehead atoms. The Balaban J connectivity index is 1.61. The number of para-hydroxylation sites is 1. The predicted molar refractivity (Wildman–Crippen MR) is 79.2 cm³/mol. The Kier molecular flexibility index (Phi) is 2.57. The molecular weight excluding hydrogens is 266 g/mol. The quantitative estimate of drug-likeness (QED) is 0.774. The highest BCUT2D eigenvalue weighted by Gasteiger charge is 2.27. The summed E-state index contributed by atoms with van der Waals surface area (Å²) >= 11 is 0. The maximum Gasteiger partial charge on any atom is 0.274 e. The van der Waals surface area contributed by atoms with Crippen molar-refractivity contribution in [3.8, 4) is 0 Å². The van der Waals surface area contributed by atoms with E-state index in [0.29, 0.717) is 17.6 Å². The third kappa shape index (κ3) is 2.08. The van der Waals surface area contributed by atoms with E-state index in [0.717, 1.165) is 29.6 Å². The lowest BCUT2D eigenvalue weighted by Gasteiger charge is -2.03. The van der Waals surface area contributed by atoms with E-state index in [4.69, 9.17) is 0 Å². The first-order valence-corrected chi connectivity index (χ1v) is 7.00. The fourth-order valence-electron chi connectivity index (χ4n) is 2.54. The fourth-order valence-corrected chi connectivity index (χ4v) is 2.54. The summed E-state index contributed by atoms with van der Waals surface area (Å²) in [4.78, 5) is 16.7. The molecule has 21 heavy (non-hydrogen) atoms. The first-order chi connectivity index (χ1) is 10.2. The average molecular weight is 281 g/mol. The van der Waals surface area contributed by atoms with Crippen LogP contribution in [0.15, 0.2) is 30.3 Å². The van der Waals surface area contributed by atoms with Gasteiger partial charge in [-0.2, -0.15) is 4.98 Å². The van der Waals surface area contributed by atoms with Crippen molar-refractivity contribution in [1.82, 2.24) is 19.7 Å². The molecule has 2 aromatic heterocycles. The molecule has 0 saturated heterocycles. The third-order valence-electron chi connectivity index (χ3n) is 3.88. The Bertz CT molecular complexity index is 828. The molecule has 1 aliphatic rings. The molecule has 3 aromatic rings. The summed E-state index contributed by atoms with van der Waals surface area (Å²) in [5.41, 5.74) is 1.62. The Morgan fingerprint density at radius 2 is 2.19 bits per heavy atom. The summed E-state index contributed by atoms with van der Waals surface area (Å²) in [6, 6.07) is 9.77. The van der Waals surface area contributed by atoms with Crippen LogP contribution in [0.5, 0.6) is 0 Å².